The SMILES string of the molecule is COc1cc(Cl)c(C)cc1NC(=O)/C=C/c1coc2ccc(C)cc2c1=O. The van der Waals surface area contributed by atoms with Gasteiger partial charge in [-0.2, -0.15) is 0 Å². The molecule has 0 bridgehead atoms. The maximum atomic E-state index is 12.6. The standard InChI is InChI=1S/C21H18ClNO4/c1-12-4-6-18-15(8-12)21(25)14(11-27-18)5-7-20(24)23-17-9-13(2)16(22)10-19(17)26-3/h4-11H,1-3H3,(H,23,24)/b7-5+. The van der Waals surface area contributed by atoms with E-state index in [0.717, 1.165) is 11.1 Å². The topological polar surface area (TPSA) is 68.5 Å². The fourth-order valence-corrected chi connectivity index (χ4v) is 2.80. The maximum absolute atomic E-state index is 12.6. The molecule has 1 aromatic heterocycles. The van der Waals surface area contributed by atoms with Crippen LogP contribution in [0.1, 0.15) is 16.7 Å². The van der Waals surface area contributed by atoms with Gasteiger partial charge in [-0.1, -0.05) is 23.2 Å². The van der Waals surface area contributed by atoms with Crippen molar-refractivity contribution >= 4 is 40.2 Å². The molecule has 0 aliphatic heterocycles. The normalized spacial score (nSPS) is 11.1. The Kier molecular flexibility index (Phi) is 5.33. The summed E-state index contributed by atoms with van der Waals surface area (Å²) in [6.07, 6.45) is 4.05. The molecule has 1 amide bonds. The van der Waals surface area contributed by atoms with Gasteiger partial charge in [0.15, 0.2) is 5.43 Å². The summed E-state index contributed by atoms with van der Waals surface area (Å²) in [5.41, 5.74) is 2.87. The molecule has 0 aliphatic carbocycles. The van der Waals surface area contributed by atoms with Crippen LogP contribution in [0, 0.1) is 13.8 Å². The highest BCUT2D eigenvalue weighted by atomic mass is 35.5. The average Bonchev–Trinajstić information content (AvgIpc) is 2.64. The van der Waals surface area contributed by atoms with Gasteiger partial charge in [0.05, 0.1) is 23.7 Å². The molecule has 5 nitrogen and oxygen atoms in total. The van der Waals surface area contributed by atoms with Crippen molar-refractivity contribution in [1.82, 2.24) is 0 Å². The monoisotopic (exact) mass is 383 g/mol. The number of carbonyl (C=O) groups excluding carboxylic acids is 1. The minimum atomic E-state index is -0.404. The molecule has 1 heterocycles. The smallest absolute Gasteiger partial charge is 0.248 e. The number of anilines is 1. The van der Waals surface area contributed by atoms with Crippen LogP contribution in [0.5, 0.6) is 5.75 Å². The van der Waals surface area contributed by atoms with Gasteiger partial charge in [-0.25, -0.2) is 0 Å². The predicted molar refractivity (Wildman–Crippen MR) is 108 cm³/mol. The number of hydrogen-bond donors (Lipinski definition) is 1. The summed E-state index contributed by atoms with van der Waals surface area (Å²) in [7, 11) is 1.49. The highest BCUT2D eigenvalue weighted by molar-refractivity contribution is 6.31. The third kappa shape index (κ3) is 4.04. The van der Waals surface area contributed by atoms with Crippen LogP contribution in [0.4, 0.5) is 5.69 Å². The van der Waals surface area contributed by atoms with Gasteiger partial charge < -0.3 is 14.5 Å². The molecule has 2 aromatic carbocycles. The lowest BCUT2D eigenvalue weighted by Crippen LogP contribution is -2.10. The lowest BCUT2D eigenvalue weighted by molar-refractivity contribution is -0.111. The van der Waals surface area contributed by atoms with Crippen molar-refractivity contribution in [2.45, 2.75) is 13.8 Å². The van der Waals surface area contributed by atoms with E-state index in [1.807, 2.05) is 19.9 Å². The zero-order valence-electron chi connectivity index (χ0n) is 15.1. The Morgan fingerprint density at radius 2 is 2.00 bits per heavy atom. The Morgan fingerprint density at radius 3 is 2.74 bits per heavy atom. The van der Waals surface area contributed by atoms with E-state index in [4.69, 9.17) is 20.8 Å². The number of halogens is 1. The molecule has 0 atom stereocenters. The predicted octanol–water partition coefficient (Wildman–Crippen LogP) is 4.72. The molecule has 3 aromatic rings. The van der Waals surface area contributed by atoms with Crippen LogP contribution in [0.25, 0.3) is 17.0 Å². The quantitative estimate of drug-likeness (QED) is 0.661. The molecule has 0 radical (unpaired) electrons. The zero-order valence-corrected chi connectivity index (χ0v) is 15.9. The molecule has 6 heteroatoms. The van der Waals surface area contributed by atoms with E-state index in [9.17, 15) is 9.59 Å². The fraction of sp³-hybridized carbons (Fsp3) is 0.143. The second-order valence-electron chi connectivity index (χ2n) is 6.14. The summed E-state index contributed by atoms with van der Waals surface area (Å²) < 4.78 is 10.7. The van der Waals surface area contributed by atoms with Gasteiger partial charge >= 0.3 is 0 Å². The van der Waals surface area contributed by atoms with Crippen LogP contribution in [-0.2, 0) is 4.79 Å². The largest absolute Gasteiger partial charge is 0.495 e. The number of ether oxygens (including phenoxy) is 1. The summed E-state index contributed by atoms with van der Waals surface area (Å²) in [5.74, 6) is 0.0480. The minimum absolute atomic E-state index is 0.191. The van der Waals surface area contributed by atoms with Gasteiger partial charge in [-0.3, -0.25) is 9.59 Å². The van der Waals surface area contributed by atoms with Gasteiger partial charge in [-0.15, -0.1) is 0 Å². The maximum Gasteiger partial charge on any atom is 0.248 e. The molecular weight excluding hydrogens is 366 g/mol. The van der Waals surface area contributed by atoms with Crippen molar-refractivity contribution in [3.8, 4) is 5.75 Å². The van der Waals surface area contributed by atoms with Gasteiger partial charge in [0, 0.05) is 17.2 Å². The van der Waals surface area contributed by atoms with Gasteiger partial charge in [0.2, 0.25) is 5.91 Å². The van der Waals surface area contributed by atoms with Crippen LogP contribution in [-0.4, -0.2) is 13.0 Å². The molecule has 3 rings (SSSR count). The van der Waals surface area contributed by atoms with Crippen LogP contribution in [0.2, 0.25) is 5.02 Å². The first-order valence-electron chi connectivity index (χ1n) is 8.24. The number of fused-ring (bicyclic) bond motifs is 1. The number of amides is 1. The molecule has 0 spiro atoms. The van der Waals surface area contributed by atoms with Crippen molar-refractivity contribution in [3.63, 3.8) is 0 Å². The highest BCUT2D eigenvalue weighted by Gasteiger charge is 2.10. The van der Waals surface area contributed by atoms with Crippen molar-refractivity contribution in [2.24, 2.45) is 0 Å². The number of methoxy groups -OCH3 is 1. The molecule has 0 unspecified atom stereocenters. The van der Waals surface area contributed by atoms with Gasteiger partial charge in [-0.05, 0) is 43.7 Å². The first kappa shape index (κ1) is 18.7. The molecule has 0 saturated carbocycles. The van der Waals surface area contributed by atoms with Crippen molar-refractivity contribution < 1.29 is 13.9 Å². The zero-order chi connectivity index (χ0) is 19.6. The second kappa shape index (κ2) is 7.68. The number of carbonyl (C=O) groups is 1. The third-order valence-corrected chi connectivity index (χ3v) is 4.51. The Hall–Kier alpha value is -3.05. The lowest BCUT2D eigenvalue weighted by Gasteiger charge is -2.11. The first-order chi connectivity index (χ1) is 12.9. The van der Waals surface area contributed by atoms with Gasteiger partial charge in [0.25, 0.3) is 0 Å². The first-order valence-corrected chi connectivity index (χ1v) is 8.62. The lowest BCUT2D eigenvalue weighted by atomic mass is 10.1. The second-order valence-corrected chi connectivity index (χ2v) is 6.55. The van der Waals surface area contributed by atoms with Crippen LogP contribution >= 0.6 is 11.6 Å². The summed E-state index contributed by atoms with van der Waals surface area (Å²) in [5, 5.41) is 3.75. The van der Waals surface area contributed by atoms with E-state index in [2.05, 4.69) is 5.32 Å². The van der Waals surface area contributed by atoms with Crippen molar-refractivity contribution in [1.29, 1.82) is 0 Å². The Labute approximate surface area is 161 Å². The third-order valence-electron chi connectivity index (χ3n) is 4.11. The summed E-state index contributed by atoms with van der Waals surface area (Å²) >= 11 is 6.07. The molecule has 1 N–H and O–H groups in total. The van der Waals surface area contributed by atoms with Crippen molar-refractivity contribution in [3.05, 3.63) is 74.6 Å². The molecule has 0 saturated heterocycles. The summed E-state index contributed by atoms with van der Waals surface area (Å²) in [4.78, 5) is 24.8. The average molecular weight is 384 g/mol. The number of rotatable bonds is 4. The summed E-state index contributed by atoms with van der Waals surface area (Å²) in [6, 6.07) is 8.74. The van der Waals surface area contributed by atoms with Crippen LogP contribution in [0.3, 0.4) is 0 Å². The Balaban J connectivity index is 1.86. The molecule has 0 fully saturated rings. The number of benzene rings is 2. The minimum Gasteiger partial charge on any atom is -0.495 e. The number of hydrogen-bond acceptors (Lipinski definition) is 4. The Bertz CT molecular complexity index is 1120. The molecule has 0 aliphatic rings. The van der Waals surface area contributed by atoms with Crippen molar-refractivity contribution in [2.75, 3.05) is 12.4 Å². The Morgan fingerprint density at radius 1 is 1.22 bits per heavy atom. The van der Waals surface area contributed by atoms with E-state index in [0.29, 0.717) is 33.0 Å². The number of aryl methyl sites for hydroxylation is 2. The molecule has 27 heavy (non-hydrogen) atoms. The van der Waals surface area contributed by atoms with E-state index >= 15 is 0 Å². The van der Waals surface area contributed by atoms with E-state index < -0.39 is 5.91 Å². The van der Waals surface area contributed by atoms with Crippen LogP contribution in [0.15, 0.2) is 51.9 Å². The van der Waals surface area contributed by atoms with E-state index in [1.54, 1.807) is 24.3 Å². The fourth-order valence-electron chi connectivity index (χ4n) is 2.64. The molecule has 138 valence electrons. The molecular formula is C21H18ClNO4. The van der Waals surface area contributed by atoms with E-state index in [-0.39, 0.29) is 5.43 Å². The number of nitrogens with one attached hydrogen (secondary N) is 1. The van der Waals surface area contributed by atoms with Gasteiger partial charge in [0.1, 0.15) is 17.6 Å². The summed E-state index contributed by atoms with van der Waals surface area (Å²) in [6.45, 7) is 3.73. The van der Waals surface area contributed by atoms with E-state index in [1.165, 1.54) is 25.5 Å². The van der Waals surface area contributed by atoms with Crippen LogP contribution < -0.4 is 15.5 Å². The highest BCUT2D eigenvalue weighted by Crippen LogP contribution is 2.30.